The minimum atomic E-state index is -1.83. The fourth-order valence-corrected chi connectivity index (χ4v) is 5.39. The van der Waals surface area contributed by atoms with Gasteiger partial charge in [-0.3, -0.25) is 0 Å². The molecule has 3 aliphatic heterocycles. The van der Waals surface area contributed by atoms with E-state index in [0.717, 1.165) is 53.9 Å². The first kappa shape index (κ1) is 25.2. The molecule has 0 bridgehead atoms. The van der Waals surface area contributed by atoms with Crippen LogP contribution in [0.2, 0.25) is 5.02 Å². The van der Waals surface area contributed by atoms with Crippen molar-refractivity contribution >= 4 is 23.1 Å². The highest BCUT2D eigenvalue weighted by atomic mass is 35.5. The molecule has 0 spiro atoms. The van der Waals surface area contributed by atoms with Gasteiger partial charge in [0.25, 0.3) is 0 Å². The molecule has 1 aromatic rings. The molecular weight excluding hydrogens is 492 g/mol. The number of hydrogen-bond acceptors (Lipinski definition) is 9. The van der Waals surface area contributed by atoms with E-state index < -0.39 is 42.9 Å². The lowest BCUT2D eigenvalue weighted by Crippen LogP contribution is -2.60. The van der Waals surface area contributed by atoms with Gasteiger partial charge >= 0.3 is 5.97 Å². The smallest absolute Gasteiger partial charge is 0.335 e. The highest BCUT2D eigenvalue weighted by Gasteiger charge is 2.48. The fraction of sp³-hybridized carbons (Fsp3) is 0.480. The number of carboxylic acid groups (broad SMARTS) is 1. The highest BCUT2D eigenvalue weighted by Crippen LogP contribution is 2.41. The Labute approximate surface area is 212 Å². The standard InChI is InChI=1S/C25H29ClN2O8/c26-14-3-4-15-12(9-14)1-2-13-10-16(23(32)28-18(13)17(15)11-5-7-27-8-6-11)35-25-21(31)19(29)20(30)22(36-25)24(33)34/h3-4,9-10,19-23,25,27-32H,1-2,5-8H2,(H,33,34)/t19-,20-,21+,22-,23?,25+/m0/s1. The summed E-state index contributed by atoms with van der Waals surface area (Å²) in [7, 11) is 0. The molecule has 0 amide bonds. The third-order valence-corrected chi connectivity index (χ3v) is 7.30. The van der Waals surface area contributed by atoms with Crippen LogP contribution in [0.3, 0.4) is 0 Å². The molecule has 1 aromatic carbocycles. The first-order valence-corrected chi connectivity index (χ1v) is 12.3. The molecule has 5 rings (SSSR count). The number of rotatable bonds is 3. The molecular formula is C25H29ClN2O8. The molecule has 11 heteroatoms. The highest BCUT2D eigenvalue weighted by molar-refractivity contribution is 6.30. The lowest BCUT2D eigenvalue weighted by Gasteiger charge is -2.40. The van der Waals surface area contributed by atoms with Gasteiger partial charge in [-0.1, -0.05) is 23.2 Å². The van der Waals surface area contributed by atoms with Crippen LogP contribution in [-0.2, 0) is 20.7 Å². The normalized spacial score (nSPS) is 32.6. The van der Waals surface area contributed by atoms with Crippen LogP contribution in [0.1, 0.15) is 30.4 Å². The summed E-state index contributed by atoms with van der Waals surface area (Å²) < 4.78 is 10.9. The molecule has 6 atom stereocenters. The van der Waals surface area contributed by atoms with Crippen LogP contribution in [0.4, 0.5) is 0 Å². The Hall–Kier alpha value is -2.44. The number of allylic oxidation sites excluding steroid dienone is 3. The largest absolute Gasteiger partial charge is 0.479 e. The van der Waals surface area contributed by atoms with Crippen LogP contribution in [-0.4, -0.2) is 81.5 Å². The second-order valence-corrected chi connectivity index (χ2v) is 9.81. The van der Waals surface area contributed by atoms with Gasteiger partial charge in [-0.15, -0.1) is 0 Å². The summed E-state index contributed by atoms with van der Waals surface area (Å²) in [6.45, 7) is 1.71. The van der Waals surface area contributed by atoms with Crippen molar-refractivity contribution in [1.82, 2.24) is 10.6 Å². The molecule has 194 valence electrons. The molecule has 2 saturated heterocycles. The van der Waals surface area contributed by atoms with E-state index in [0.29, 0.717) is 17.9 Å². The molecule has 7 N–H and O–H groups in total. The van der Waals surface area contributed by atoms with Gasteiger partial charge in [0.1, 0.15) is 24.1 Å². The van der Waals surface area contributed by atoms with Crippen LogP contribution in [0.25, 0.3) is 5.57 Å². The Morgan fingerprint density at radius 3 is 2.50 bits per heavy atom. The zero-order valence-electron chi connectivity index (χ0n) is 19.4. The van der Waals surface area contributed by atoms with Gasteiger partial charge < -0.3 is 45.6 Å². The average molecular weight is 521 g/mol. The van der Waals surface area contributed by atoms with Crippen molar-refractivity contribution in [2.24, 2.45) is 0 Å². The third kappa shape index (κ3) is 4.66. The van der Waals surface area contributed by atoms with Crippen molar-refractivity contribution in [3.05, 3.63) is 63.0 Å². The summed E-state index contributed by atoms with van der Waals surface area (Å²) >= 11 is 6.30. The number of aryl methyl sites for hydroxylation is 1. The number of hydrogen-bond donors (Lipinski definition) is 7. The first-order valence-electron chi connectivity index (χ1n) is 11.9. The van der Waals surface area contributed by atoms with Crippen molar-refractivity contribution in [3.8, 4) is 0 Å². The fourth-order valence-electron chi connectivity index (χ4n) is 5.20. The van der Waals surface area contributed by atoms with Gasteiger partial charge in [-0.2, -0.15) is 0 Å². The van der Waals surface area contributed by atoms with E-state index in [9.17, 15) is 30.3 Å². The maximum Gasteiger partial charge on any atom is 0.335 e. The number of benzene rings is 1. The zero-order chi connectivity index (χ0) is 25.6. The molecule has 3 heterocycles. The van der Waals surface area contributed by atoms with Crippen LogP contribution in [0.5, 0.6) is 0 Å². The zero-order valence-corrected chi connectivity index (χ0v) is 20.1. The Morgan fingerprint density at radius 1 is 1.03 bits per heavy atom. The van der Waals surface area contributed by atoms with E-state index in [4.69, 9.17) is 21.1 Å². The SMILES string of the molecule is O=C(O)[C@H]1O[C@@H](OC2=CC3=C(NC2O)C(=C2CCNCC2)c2ccc(Cl)cc2CC3)[C@H](O)[C@@H](O)[C@@H]1O. The van der Waals surface area contributed by atoms with Crippen LogP contribution in [0.15, 0.2) is 46.9 Å². The molecule has 0 aromatic heterocycles. The second kappa shape index (κ2) is 10.1. The number of aliphatic carboxylic acids is 1. The maximum absolute atomic E-state index is 11.4. The molecule has 1 aliphatic carbocycles. The summed E-state index contributed by atoms with van der Waals surface area (Å²) in [5, 5.41) is 57.8. The molecule has 36 heavy (non-hydrogen) atoms. The summed E-state index contributed by atoms with van der Waals surface area (Å²) in [6.07, 6.45) is -5.42. The molecule has 4 aliphatic rings. The molecule has 0 saturated carbocycles. The lowest BCUT2D eigenvalue weighted by atomic mass is 9.88. The summed E-state index contributed by atoms with van der Waals surface area (Å²) in [6, 6.07) is 5.82. The van der Waals surface area contributed by atoms with E-state index in [1.165, 1.54) is 5.57 Å². The Balaban J connectivity index is 1.51. The lowest BCUT2D eigenvalue weighted by molar-refractivity contribution is -0.287. The van der Waals surface area contributed by atoms with Crippen molar-refractivity contribution in [1.29, 1.82) is 0 Å². The number of ether oxygens (including phenoxy) is 2. The number of piperidine rings is 1. The number of carbonyl (C=O) groups is 1. The topological polar surface area (TPSA) is 161 Å². The number of aliphatic hydroxyl groups excluding tert-OH is 4. The first-order chi connectivity index (χ1) is 17.2. The van der Waals surface area contributed by atoms with Gasteiger partial charge in [-0.05, 0) is 73.7 Å². The molecule has 0 radical (unpaired) electrons. The number of carboxylic acids is 1. The number of nitrogens with one attached hydrogen (secondary N) is 2. The van der Waals surface area contributed by atoms with Crippen LogP contribution >= 0.6 is 11.6 Å². The molecule has 1 unspecified atom stereocenters. The third-order valence-electron chi connectivity index (χ3n) is 7.06. The van der Waals surface area contributed by atoms with E-state index >= 15 is 0 Å². The predicted molar refractivity (Wildman–Crippen MR) is 128 cm³/mol. The van der Waals surface area contributed by atoms with Gasteiger partial charge in [0, 0.05) is 16.3 Å². The predicted octanol–water partition coefficient (Wildman–Crippen LogP) is 0.392. The van der Waals surface area contributed by atoms with Gasteiger partial charge in [0.2, 0.25) is 6.29 Å². The Bertz CT molecular complexity index is 1140. The van der Waals surface area contributed by atoms with Crippen LogP contribution in [0, 0.1) is 0 Å². The summed E-state index contributed by atoms with van der Waals surface area (Å²) in [5.41, 5.74) is 6.10. The van der Waals surface area contributed by atoms with Crippen molar-refractivity contribution in [3.63, 3.8) is 0 Å². The van der Waals surface area contributed by atoms with Crippen molar-refractivity contribution < 1.29 is 39.8 Å². The van der Waals surface area contributed by atoms with E-state index in [2.05, 4.69) is 10.6 Å². The maximum atomic E-state index is 11.4. The average Bonchev–Trinajstić information content (AvgIpc) is 3.01. The minimum Gasteiger partial charge on any atom is -0.479 e. The molecule has 2 fully saturated rings. The summed E-state index contributed by atoms with van der Waals surface area (Å²) in [4.78, 5) is 11.4. The van der Waals surface area contributed by atoms with E-state index in [1.54, 1.807) is 6.08 Å². The van der Waals surface area contributed by atoms with E-state index in [1.807, 2.05) is 18.2 Å². The Kier molecular flexibility index (Phi) is 7.10. The molecule has 10 nitrogen and oxygen atoms in total. The number of dihydropyridines is 1. The quantitative estimate of drug-likeness (QED) is 0.297. The Morgan fingerprint density at radius 2 is 1.78 bits per heavy atom. The number of fused-ring (bicyclic) bond motifs is 1. The van der Waals surface area contributed by atoms with Crippen molar-refractivity contribution in [2.75, 3.05) is 13.1 Å². The van der Waals surface area contributed by atoms with Crippen molar-refractivity contribution in [2.45, 2.75) is 62.6 Å². The van der Waals surface area contributed by atoms with Gasteiger partial charge in [0.05, 0.1) is 0 Å². The van der Waals surface area contributed by atoms with E-state index in [-0.39, 0.29) is 5.76 Å². The van der Waals surface area contributed by atoms with Gasteiger partial charge in [0.15, 0.2) is 12.3 Å². The minimum absolute atomic E-state index is 0.00387. The second-order valence-electron chi connectivity index (χ2n) is 9.38. The van der Waals surface area contributed by atoms with Crippen LogP contribution < -0.4 is 10.6 Å². The monoisotopic (exact) mass is 520 g/mol. The number of halogens is 1. The number of aliphatic hydroxyl groups is 4. The van der Waals surface area contributed by atoms with Gasteiger partial charge in [-0.25, -0.2) is 4.79 Å². The summed E-state index contributed by atoms with van der Waals surface area (Å²) in [5.74, 6) is -1.51.